The van der Waals surface area contributed by atoms with Crippen LogP contribution in [-0.2, 0) is 32.0 Å². The highest BCUT2D eigenvalue weighted by atomic mass is 16.5. The van der Waals surface area contributed by atoms with Crippen molar-refractivity contribution in [2.45, 2.75) is 91.7 Å². The highest BCUT2D eigenvalue weighted by Crippen LogP contribution is 2.44. The Balaban J connectivity index is 1.78. The molecule has 2 heterocycles. The van der Waals surface area contributed by atoms with Gasteiger partial charge in [0.15, 0.2) is 0 Å². The summed E-state index contributed by atoms with van der Waals surface area (Å²) in [6, 6.07) is -0.779. The number of morpholine rings is 1. The van der Waals surface area contributed by atoms with Crippen LogP contribution < -0.4 is 15.4 Å². The van der Waals surface area contributed by atoms with Gasteiger partial charge in [0.1, 0.15) is 12.4 Å². The Morgan fingerprint density at radius 2 is 1.90 bits per heavy atom. The van der Waals surface area contributed by atoms with Crippen molar-refractivity contribution in [3.8, 4) is 5.75 Å². The molecule has 0 aromatic heterocycles. The summed E-state index contributed by atoms with van der Waals surface area (Å²) in [4.78, 5) is 42.3. The number of primary amides is 1. The van der Waals surface area contributed by atoms with E-state index in [-0.39, 0.29) is 25.0 Å². The number of amides is 2. The number of hydrogen-bond donors (Lipinski definition) is 1. The third kappa shape index (κ3) is 8.47. The molecule has 1 fully saturated rings. The number of allylic oxidation sites excluding steroid dienone is 2. The Labute approximate surface area is 250 Å². The molecule has 2 amide bonds. The van der Waals surface area contributed by atoms with Crippen LogP contribution in [0.1, 0.15) is 92.8 Å². The number of unbranched alkanes of at least 4 members (excludes halogenated alkanes) is 1. The van der Waals surface area contributed by atoms with E-state index in [9.17, 15) is 14.4 Å². The standard InChI is InChI=1S/C32H49N3O7/c1-6-8-10-24(7-2)35(32(33)38)29-25(30(39-5)23(4)26-21-42-31(37)28(26)29)13-11-22(3)12-14-27(36)41-18-9-15-34-16-19-40-20-17-34/h11,24H,6-10,12-21H2,1-5H3,(H2,33,38)/b22-11+. The fourth-order valence-corrected chi connectivity index (χ4v) is 5.77. The van der Waals surface area contributed by atoms with E-state index in [0.29, 0.717) is 48.4 Å². The van der Waals surface area contributed by atoms with Crippen LogP contribution in [0.2, 0.25) is 0 Å². The predicted molar refractivity (Wildman–Crippen MR) is 162 cm³/mol. The minimum absolute atomic E-state index is 0.130. The van der Waals surface area contributed by atoms with Crippen molar-refractivity contribution >= 4 is 23.7 Å². The van der Waals surface area contributed by atoms with Crippen LogP contribution >= 0.6 is 0 Å². The molecule has 3 rings (SSSR count). The first-order valence-electron chi connectivity index (χ1n) is 15.3. The van der Waals surface area contributed by atoms with Crippen molar-refractivity contribution in [3.05, 3.63) is 33.9 Å². The lowest BCUT2D eigenvalue weighted by Gasteiger charge is -2.33. The summed E-state index contributed by atoms with van der Waals surface area (Å²) >= 11 is 0. The van der Waals surface area contributed by atoms with Crippen molar-refractivity contribution in [1.82, 2.24) is 4.90 Å². The summed E-state index contributed by atoms with van der Waals surface area (Å²) in [6.07, 6.45) is 7.39. The molecule has 0 radical (unpaired) electrons. The number of carbonyl (C=O) groups excluding carboxylic acids is 3. The molecule has 10 nitrogen and oxygen atoms in total. The average Bonchev–Trinajstić information content (AvgIpc) is 3.37. The first-order valence-corrected chi connectivity index (χ1v) is 15.3. The molecule has 2 N–H and O–H groups in total. The number of cyclic esters (lactones) is 1. The third-order valence-electron chi connectivity index (χ3n) is 8.22. The molecular formula is C32H49N3O7. The first kappa shape index (κ1) is 33.4. The zero-order valence-corrected chi connectivity index (χ0v) is 26.1. The molecular weight excluding hydrogens is 538 g/mol. The summed E-state index contributed by atoms with van der Waals surface area (Å²) in [5.41, 5.74) is 10.1. The van der Waals surface area contributed by atoms with Crippen molar-refractivity contribution < 1.29 is 33.3 Å². The molecule has 0 spiro atoms. The van der Waals surface area contributed by atoms with Crippen molar-refractivity contribution in [3.63, 3.8) is 0 Å². The number of anilines is 1. The zero-order chi connectivity index (χ0) is 30.6. The Morgan fingerprint density at radius 3 is 2.55 bits per heavy atom. The van der Waals surface area contributed by atoms with Crippen molar-refractivity contribution in [2.75, 3.05) is 51.5 Å². The monoisotopic (exact) mass is 587 g/mol. The van der Waals surface area contributed by atoms with E-state index in [4.69, 9.17) is 24.7 Å². The molecule has 1 atom stereocenters. The lowest BCUT2D eigenvalue weighted by molar-refractivity contribution is -0.143. The number of hydrogen-bond acceptors (Lipinski definition) is 8. The van der Waals surface area contributed by atoms with Crippen LogP contribution in [0.3, 0.4) is 0 Å². The number of fused-ring (bicyclic) bond motifs is 1. The fraction of sp³-hybridized carbons (Fsp3) is 0.656. The Hall–Kier alpha value is -3.11. The van der Waals surface area contributed by atoms with E-state index < -0.39 is 12.0 Å². The maximum Gasteiger partial charge on any atom is 0.341 e. The summed E-state index contributed by atoms with van der Waals surface area (Å²) in [5.74, 6) is -0.0660. The topological polar surface area (TPSA) is 121 Å². The molecule has 42 heavy (non-hydrogen) atoms. The minimum Gasteiger partial charge on any atom is -0.496 e. The fourth-order valence-electron chi connectivity index (χ4n) is 5.77. The molecule has 2 aliphatic rings. The molecule has 0 bridgehead atoms. The molecule has 0 saturated carbocycles. The number of nitrogens with zero attached hydrogens (tertiary/aromatic N) is 2. The van der Waals surface area contributed by atoms with E-state index in [0.717, 1.165) is 75.2 Å². The van der Waals surface area contributed by atoms with E-state index in [1.807, 2.05) is 26.8 Å². The highest BCUT2D eigenvalue weighted by Gasteiger charge is 2.37. The van der Waals surface area contributed by atoms with Gasteiger partial charge in [0.05, 0.1) is 38.2 Å². The number of methoxy groups -OCH3 is 1. The van der Waals surface area contributed by atoms with Gasteiger partial charge in [-0.05, 0) is 51.5 Å². The maximum atomic E-state index is 13.0. The number of rotatable bonds is 16. The van der Waals surface area contributed by atoms with Crippen LogP contribution in [0.5, 0.6) is 5.75 Å². The summed E-state index contributed by atoms with van der Waals surface area (Å²) in [5, 5.41) is 0. The van der Waals surface area contributed by atoms with Crippen LogP contribution in [0.15, 0.2) is 11.6 Å². The van der Waals surface area contributed by atoms with E-state index in [1.165, 1.54) is 0 Å². The van der Waals surface area contributed by atoms with Gasteiger partial charge in [-0.2, -0.15) is 0 Å². The number of carbonyl (C=O) groups is 3. The first-order chi connectivity index (χ1) is 20.2. The Kier molecular flexibility index (Phi) is 13.1. The Bertz CT molecular complexity index is 1130. The number of nitrogens with two attached hydrogens (primary N) is 1. The van der Waals surface area contributed by atoms with Crippen LogP contribution in [0, 0.1) is 6.92 Å². The van der Waals surface area contributed by atoms with Gasteiger partial charge in [0, 0.05) is 43.2 Å². The van der Waals surface area contributed by atoms with Crippen LogP contribution in [0.4, 0.5) is 10.5 Å². The van der Waals surface area contributed by atoms with Gasteiger partial charge in [-0.3, -0.25) is 14.6 Å². The number of ether oxygens (including phenoxy) is 4. The highest BCUT2D eigenvalue weighted by molar-refractivity contribution is 6.06. The largest absolute Gasteiger partial charge is 0.496 e. The zero-order valence-electron chi connectivity index (χ0n) is 26.1. The summed E-state index contributed by atoms with van der Waals surface area (Å²) < 4.78 is 22.1. The lowest BCUT2D eigenvalue weighted by Crippen LogP contribution is -2.45. The second-order valence-corrected chi connectivity index (χ2v) is 11.1. The lowest BCUT2D eigenvalue weighted by atomic mass is 9.91. The summed E-state index contributed by atoms with van der Waals surface area (Å²) in [6.45, 7) is 12.8. The molecule has 2 aliphatic heterocycles. The number of benzene rings is 1. The minimum atomic E-state index is -0.607. The van der Waals surface area contributed by atoms with E-state index >= 15 is 0 Å². The molecule has 234 valence electrons. The molecule has 0 aliphatic carbocycles. The molecule has 1 aromatic rings. The molecule has 1 saturated heterocycles. The second-order valence-electron chi connectivity index (χ2n) is 11.1. The normalized spacial score (nSPS) is 16.1. The van der Waals surface area contributed by atoms with Gasteiger partial charge in [-0.15, -0.1) is 0 Å². The van der Waals surface area contributed by atoms with Gasteiger partial charge in [0.25, 0.3) is 0 Å². The quantitative estimate of drug-likeness (QED) is 0.162. The van der Waals surface area contributed by atoms with Crippen molar-refractivity contribution in [1.29, 1.82) is 0 Å². The van der Waals surface area contributed by atoms with Crippen LogP contribution in [0.25, 0.3) is 0 Å². The smallest absolute Gasteiger partial charge is 0.341 e. The van der Waals surface area contributed by atoms with Gasteiger partial charge in [-0.1, -0.05) is 38.3 Å². The van der Waals surface area contributed by atoms with Gasteiger partial charge >= 0.3 is 18.0 Å². The molecule has 10 heteroatoms. The molecule has 1 unspecified atom stereocenters. The summed E-state index contributed by atoms with van der Waals surface area (Å²) in [7, 11) is 1.59. The maximum absolute atomic E-state index is 13.0. The second kappa shape index (κ2) is 16.5. The number of esters is 2. The third-order valence-corrected chi connectivity index (χ3v) is 8.22. The van der Waals surface area contributed by atoms with Gasteiger partial charge in [-0.25, -0.2) is 9.59 Å². The number of urea groups is 1. The molecule has 1 aromatic carbocycles. The van der Waals surface area contributed by atoms with E-state index in [1.54, 1.807) is 12.0 Å². The average molecular weight is 588 g/mol. The van der Waals surface area contributed by atoms with Crippen molar-refractivity contribution in [2.24, 2.45) is 5.73 Å². The SMILES string of the molecule is CCCCC(CC)N(C(N)=O)c1c(C/C=C(\C)CCC(=O)OCCCN2CCOCC2)c(OC)c(C)c2c1C(=O)OC2. The van der Waals surface area contributed by atoms with E-state index in [2.05, 4.69) is 11.8 Å². The van der Waals surface area contributed by atoms with Crippen LogP contribution in [-0.4, -0.2) is 75.5 Å². The van der Waals surface area contributed by atoms with Gasteiger partial charge < -0.3 is 24.7 Å². The Morgan fingerprint density at radius 1 is 1.17 bits per heavy atom. The van der Waals surface area contributed by atoms with Gasteiger partial charge in [0.2, 0.25) is 0 Å². The predicted octanol–water partition coefficient (Wildman–Crippen LogP) is 5.06.